The Balaban J connectivity index is 2.28. The Hall–Kier alpha value is -1.96. The summed E-state index contributed by atoms with van der Waals surface area (Å²) in [6, 6.07) is 11.8. The highest BCUT2D eigenvalue weighted by atomic mass is 16.5. The van der Waals surface area contributed by atoms with E-state index in [1.165, 1.54) is 11.1 Å². The largest absolute Gasteiger partial charge is 0.455 e. The minimum absolute atomic E-state index is 0.670. The van der Waals surface area contributed by atoms with Crippen molar-refractivity contribution in [2.75, 3.05) is 5.73 Å². The van der Waals surface area contributed by atoms with Crippen molar-refractivity contribution in [3.05, 3.63) is 53.1 Å². The van der Waals surface area contributed by atoms with Crippen LogP contribution in [-0.2, 0) is 0 Å². The molecule has 88 valence electrons. The standard InChI is InChI=1S/C15H17NO/c1-10-4-7-15(14(16)8-10)17-13-6-5-11(2)12(3)9-13/h4-9H,16H2,1-3H3. The molecule has 0 aliphatic heterocycles. The number of nitrogen functional groups attached to an aromatic ring is 1. The normalized spacial score (nSPS) is 10.3. The van der Waals surface area contributed by atoms with Gasteiger partial charge in [-0.1, -0.05) is 12.1 Å². The van der Waals surface area contributed by atoms with Crippen LogP contribution in [0, 0.1) is 20.8 Å². The van der Waals surface area contributed by atoms with Gasteiger partial charge in [0.1, 0.15) is 11.5 Å². The second-order valence-electron chi connectivity index (χ2n) is 4.39. The Morgan fingerprint density at radius 2 is 1.65 bits per heavy atom. The highest BCUT2D eigenvalue weighted by Crippen LogP contribution is 2.29. The van der Waals surface area contributed by atoms with E-state index in [1.54, 1.807) is 0 Å². The zero-order valence-electron chi connectivity index (χ0n) is 10.4. The second-order valence-corrected chi connectivity index (χ2v) is 4.39. The van der Waals surface area contributed by atoms with Gasteiger partial charge in [-0.05, 0) is 61.7 Å². The fourth-order valence-corrected chi connectivity index (χ4v) is 1.67. The number of rotatable bonds is 2. The summed E-state index contributed by atoms with van der Waals surface area (Å²) in [4.78, 5) is 0. The van der Waals surface area contributed by atoms with Crippen LogP contribution in [0.4, 0.5) is 5.69 Å². The fourth-order valence-electron chi connectivity index (χ4n) is 1.67. The first-order valence-electron chi connectivity index (χ1n) is 5.67. The number of anilines is 1. The fraction of sp³-hybridized carbons (Fsp3) is 0.200. The lowest BCUT2D eigenvalue weighted by molar-refractivity contribution is 0.484. The monoisotopic (exact) mass is 227 g/mol. The Morgan fingerprint density at radius 3 is 2.29 bits per heavy atom. The van der Waals surface area contributed by atoms with Crippen LogP contribution < -0.4 is 10.5 Å². The molecular weight excluding hydrogens is 210 g/mol. The van der Waals surface area contributed by atoms with E-state index in [4.69, 9.17) is 10.5 Å². The van der Waals surface area contributed by atoms with Crippen LogP contribution in [0.3, 0.4) is 0 Å². The Bertz CT molecular complexity index is 547. The topological polar surface area (TPSA) is 35.2 Å². The summed E-state index contributed by atoms with van der Waals surface area (Å²) in [5, 5.41) is 0. The van der Waals surface area contributed by atoms with Crippen molar-refractivity contribution < 1.29 is 4.74 Å². The highest BCUT2D eigenvalue weighted by molar-refractivity contribution is 5.55. The molecule has 17 heavy (non-hydrogen) atoms. The average molecular weight is 227 g/mol. The average Bonchev–Trinajstić information content (AvgIpc) is 2.27. The molecule has 2 N–H and O–H groups in total. The van der Waals surface area contributed by atoms with E-state index in [0.29, 0.717) is 11.4 Å². The lowest BCUT2D eigenvalue weighted by Crippen LogP contribution is -1.93. The van der Waals surface area contributed by atoms with Gasteiger partial charge in [0.15, 0.2) is 0 Å². The van der Waals surface area contributed by atoms with Crippen LogP contribution in [0.2, 0.25) is 0 Å². The maximum atomic E-state index is 5.91. The second kappa shape index (κ2) is 4.50. The van der Waals surface area contributed by atoms with Gasteiger partial charge < -0.3 is 10.5 Å². The van der Waals surface area contributed by atoms with Gasteiger partial charge in [-0.3, -0.25) is 0 Å². The molecule has 0 bridgehead atoms. The lowest BCUT2D eigenvalue weighted by Gasteiger charge is -2.10. The van der Waals surface area contributed by atoms with E-state index < -0.39 is 0 Å². The number of hydrogen-bond donors (Lipinski definition) is 1. The van der Waals surface area contributed by atoms with Crippen molar-refractivity contribution in [2.24, 2.45) is 0 Å². The van der Waals surface area contributed by atoms with Crippen LogP contribution in [-0.4, -0.2) is 0 Å². The summed E-state index contributed by atoms with van der Waals surface area (Å²) in [5.74, 6) is 1.53. The molecule has 2 aromatic rings. The predicted molar refractivity (Wildman–Crippen MR) is 71.6 cm³/mol. The molecule has 0 spiro atoms. The molecule has 0 heterocycles. The van der Waals surface area contributed by atoms with Crippen molar-refractivity contribution >= 4 is 5.69 Å². The van der Waals surface area contributed by atoms with Gasteiger partial charge in [0.25, 0.3) is 0 Å². The molecule has 0 unspecified atom stereocenters. The molecular formula is C15H17NO. The first kappa shape index (κ1) is 11.5. The summed E-state index contributed by atoms with van der Waals surface area (Å²) >= 11 is 0. The molecule has 0 saturated heterocycles. The SMILES string of the molecule is Cc1ccc(Oc2ccc(C)c(C)c2)c(N)c1. The molecule has 0 fully saturated rings. The minimum Gasteiger partial charge on any atom is -0.455 e. The first-order chi connectivity index (χ1) is 8.06. The molecule has 0 aromatic heterocycles. The summed E-state index contributed by atoms with van der Waals surface area (Å²) in [6.07, 6.45) is 0. The first-order valence-corrected chi connectivity index (χ1v) is 5.67. The zero-order chi connectivity index (χ0) is 12.4. The minimum atomic E-state index is 0.670. The molecule has 2 aromatic carbocycles. The number of ether oxygens (including phenoxy) is 1. The van der Waals surface area contributed by atoms with E-state index in [-0.39, 0.29) is 0 Å². The van der Waals surface area contributed by atoms with Gasteiger partial charge in [0.05, 0.1) is 5.69 Å². The Labute approximate surface area is 102 Å². The van der Waals surface area contributed by atoms with Crippen molar-refractivity contribution in [3.63, 3.8) is 0 Å². The number of hydrogen-bond acceptors (Lipinski definition) is 2. The number of benzene rings is 2. The van der Waals surface area contributed by atoms with E-state index in [1.807, 2.05) is 37.3 Å². The Kier molecular flexibility index (Phi) is 3.05. The predicted octanol–water partition coefficient (Wildman–Crippen LogP) is 3.99. The number of nitrogens with two attached hydrogens (primary N) is 1. The summed E-state index contributed by atoms with van der Waals surface area (Å²) in [5.41, 5.74) is 10.2. The molecule has 0 atom stereocenters. The molecule has 2 rings (SSSR count). The Morgan fingerprint density at radius 1 is 0.882 bits per heavy atom. The summed E-state index contributed by atoms with van der Waals surface area (Å²) in [7, 11) is 0. The van der Waals surface area contributed by atoms with Crippen LogP contribution in [0.1, 0.15) is 16.7 Å². The van der Waals surface area contributed by atoms with Gasteiger partial charge in [-0.2, -0.15) is 0 Å². The molecule has 0 radical (unpaired) electrons. The van der Waals surface area contributed by atoms with Crippen LogP contribution in [0.25, 0.3) is 0 Å². The van der Waals surface area contributed by atoms with E-state index in [9.17, 15) is 0 Å². The lowest BCUT2D eigenvalue weighted by atomic mass is 10.1. The van der Waals surface area contributed by atoms with Crippen molar-refractivity contribution in [3.8, 4) is 11.5 Å². The van der Waals surface area contributed by atoms with Crippen molar-refractivity contribution in [2.45, 2.75) is 20.8 Å². The molecule has 2 nitrogen and oxygen atoms in total. The third-order valence-corrected chi connectivity index (χ3v) is 2.87. The van der Waals surface area contributed by atoms with Crippen molar-refractivity contribution in [1.29, 1.82) is 0 Å². The molecule has 2 heteroatoms. The highest BCUT2D eigenvalue weighted by Gasteiger charge is 2.03. The van der Waals surface area contributed by atoms with E-state index >= 15 is 0 Å². The van der Waals surface area contributed by atoms with Crippen molar-refractivity contribution in [1.82, 2.24) is 0 Å². The quantitative estimate of drug-likeness (QED) is 0.787. The zero-order valence-corrected chi connectivity index (χ0v) is 10.4. The summed E-state index contributed by atoms with van der Waals surface area (Å²) < 4.78 is 5.77. The molecule has 0 amide bonds. The molecule has 0 aliphatic carbocycles. The third-order valence-electron chi connectivity index (χ3n) is 2.87. The van der Waals surface area contributed by atoms with E-state index in [2.05, 4.69) is 19.9 Å². The van der Waals surface area contributed by atoms with Gasteiger partial charge in [-0.25, -0.2) is 0 Å². The van der Waals surface area contributed by atoms with Crippen LogP contribution >= 0.6 is 0 Å². The van der Waals surface area contributed by atoms with Gasteiger partial charge >= 0.3 is 0 Å². The van der Waals surface area contributed by atoms with Gasteiger partial charge in [0, 0.05) is 0 Å². The third kappa shape index (κ3) is 2.59. The smallest absolute Gasteiger partial charge is 0.150 e. The summed E-state index contributed by atoms with van der Waals surface area (Å²) in [6.45, 7) is 6.16. The number of aryl methyl sites for hydroxylation is 3. The van der Waals surface area contributed by atoms with Gasteiger partial charge in [-0.15, -0.1) is 0 Å². The maximum Gasteiger partial charge on any atom is 0.150 e. The van der Waals surface area contributed by atoms with Crippen LogP contribution in [0.5, 0.6) is 11.5 Å². The van der Waals surface area contributed by atoms with Gasteiger partial charge in [0.2, 0.25) is 0 Å². The molecule has 0 saturated carbocycles. The van der Waals surface area contributed by atoms with E-state index in [0.717, 1.165) is 11.3 Å². The maximum absolute atomic E-state index is 5.91. The molecule has 0 aliphatic rings. The van der Waals surface area contributed by atoms with Crippen LogP contribution in [0.15, 0.2) is 36.4 Å².